The van der Waals surface area contributed by atoms with E-state index in [2.05, 4.69) is 27.6 Å². The van der Waals surface area contributed by atoms with Gasteiger partial charge in [0.25, 0.3) is 0 Å². The Kier molecular flexibility index (Phi) is 3.46. The number of nitrogens with zero attached hydrogens (tertiary/aromatic N) is 2. The van der Waals surface area contributed by atoms with Crippen molar-refractivity contribution in [2.45, 2.75) is 20.8 Å². The van der Waals surface area contributed by atoms with E-state index in [1.165, 1.54) is 11.6 Å². The second-order valence-electron chi connectivity index (χ2n) is 4.51. The Labute approximate surface area is 111 Å². The predicted molar refractivity (Wildman–Crippen MR) is 72.9 cm³/mol. The van der Waals surface area contributed by atoms with Crippen LogP contribution >= 0.6 is 0 Å². The lowest BCUT2D eigenvalue weighted by atomic mass is 10.1. The quantitative estimate of drug-likeness (QED) is 0.884. The van der Waals surface area contributed by atoms with Crippen LogP contribution in [0, 0.1) is 20.8 Å². The number of carboxylic acid groups (broad SMARTS) is 1. The molecule has 0 radical (unpaired) electrons. The van der Waals surface area contributed by atoms with Crippen molar-refractivity contribution in [1.29, 1.82) is 0 Å². The molecule has 0 aliphatic carbocycles. The van der Waals surface area contributed by atoms with Crippen molar-refractivity contribution in [2.24, 2.45) is 0 Å². The van der Waals surface area contributed by atoms with E-state index in [0.717, 1.165) is 16.8 Å². The van der Waals surface area contributed by atoms with Gasteiger partial charge in [-0.1, -0.05) is 17.7 Å². The first kappa shape index (κ1) is 13.0. The molecule has 0 bridgehead atoms. The maximum absolute atomic E-state index is 10.7. The van der Waals surface area contributed by atoms with E-state index in [-0.39, 0.29) is 5.69 Å². The highest BCUT2D eigenvalue weighted by Gasteiger charge is 2.07. The molecular weight excluding hydrogens is 242 g/mol. The molecule has 1 heterocycles. The van der Waals surface area contributed by atoms with E-state index in [9.17, 15) is 4.79 Å². The summed E-state index contributed by atoms with van der Waals surface area (Å²) in [5.74, 6) is -0.554. The van der Waals surface area contributed by atoms with Gasteiger partial charge in [0, 0.05) is 5.69 Å². The van der Waals surface area contributed by atoms with Crippen molar-refractivity contribution < 1.29 is 9.90 Å². The van der Waals surface area contributed by atoms with Gasteiger partial charge in [-0.2, -0.15) is 0 Å². The number of benzene rings is 1. The summed E-state index contributed by atoms with van der Waals surface area (Å²) in [6.07, 6.45) is 0. The molecule has 0 saturated heterocycles. The molecule has 98 valence electrons. The number of rotatable bonds is 3. The monoisotopic (exact) mass is 257 g/mol. The molecule has 0 aliphatic rings. The summed E-state index contributed by atoms with van der Waals surface area (Å²) in [5, 5.41) is 19.4. The fourth-order valence-corrected chi connectivity index (χ4v) is 2.02. The average Bonchev–Trinajstić information content (AvgIpc) is 2.34. The summed E-state index contributed by atoms with van der Waals surface area (Å²) in [6, 6.07) is 7.19. The van der Waals surface area contributed by atoms with Crippen LogP contribution in [0.1, 0.15) is 27.2 Å². The number of carboxylic acids is 1. The number of aromatic nitrogens is 2. The summed E-state index contributed by atoms with van der Waals surface area (Å²) in [4.78, 5) is 10.7. The Balaban J connectivity index is 2.29. The fourth-order valence-electron chi connectivity index (χ4n) is 2.02. The fraction of sp³-hybridized carbons (Fsp3) is 0.214. The molecule has 0 saturated carbocycles. The Bertz CT molecular complexity index is 598. The molecule has 1 aromatic carbocycles. The molecule has 5 heteroatoms. The molecule has 0 aliphatic heterocycles. The van der Waals surface area contributed by atoms with Gasteiger partial charge in [0.2, 0.25) is 0 Å². The number of hydrogen-bond donors (Lipinski definition) is 2. The van der Waals surface area contributed by atoms with Crippen LogP contribution in [0.25, 0.3) is 0 Å². The minimum Gasteiger partial charge on any atom is -0.476 e. The molecule has 0 fully saturated rings. The van der Waals surface area contributed by atoms with E-state index < -0.39 is 5.97 Å². The largest absolute Gasteiger partial charge is 0.476 e. The molecule has 0 atom stereocenters. The zero-order valence-corrected chi connectivity index (χ0v) is 11.1. The first-order valence-corrected chi connectivity index (χ1v) is 5.89. The SMILES string of the molecule is Cc1cc(C)c(Nc2ccc(C(=O)O)nn2)c(C)c1. The van der Waals surface area contributed by atoms with E-state index in [1.807, 2.05) is 20.8 Å². The second kappa shape index (κ2) is 5.06. The van der Waals surface area contributed by atoms with Crippen molar-refractivity contribution in [2.75, 3.05) is 5.32 Å². The Hall–Kier alpha value is -2.43. The molecule has 5 nitrogen and oxygen atoms in total. The van der Waals surface area contributed by atoms with Crippen LogP contribution in [-0.4, -0.2) is 21.3 Å². The maximum Gasteiger partial charge on any atom is 0.356 e. The molecular formula is C14H15N3O2. The molecule has 2 N–H and O–H groups in total. The molecule has 1 aromatic heterocycles. The highest BCUT2D eigenvalue weighted by molar-refractivity contribution is 5.85. The lowest BCUT2D eigenvalue weighted by molar-refractivity contribution is 0.0689. The molecule has 19 heavy (non-hydrogen) atoms. The van der Waals surface area contributed by atoms with Gasteiger partial charge < -0.3 is 10.4 Å². The van der Waals surface area contributed by atoms with Crippen LogP contribution < -0.4 is 5.32 Å². The second-order valence-corrected chi connectivity index (χ2v) is 4.51. The zero-order chi connectivity index (χ0) is 14.0. The molecule has 0 unspecified atom stereocenters. The standard InChI is InChI=1S/C14H15N3O2/c1-8-6-9(2)13(10(3)7-8)15-12-5-4-11(14(18)19)16-17-12/h4-7H,1-3H3,(H,15,17)(H,18,19). The number of aryl methyl sites for hydroxylation is 3. The Morgan fingerprint density at radius 2 is 1.74 bits per heavy atom. The van der Waals surface area contributed by atoms with Crippen LogP contribution in [0.15, 0.2) is 24.3 Å². The van der Waals surface area contributed by atoms with Gasteiger partial charge in [-0.3, -0.25) is 0 Å². The first-order chi connectivity index (χ1) is 8.97. The summed E-state index contributed by atoms with van der Waals surface area (Å²) >= 11 is 0. The third kappa shape index (κ3) is 2.88. The highest BCUT2D eigenvalue weighted by atomic mass is 16.4. The van der Waals surface area contributed by atoms with Gasteiger partial charge in [-0.15, -0.1) is 10.2 Å². The van der Waals surface area contributed by atoms with Crippen molar-refractivity contribution in [1.82, 2.24) is 10.2 Å². The molecule has 2 aromatic rings. The van der Waals surface area contributed by atoms with Gasteiger partial charge in [0.1, 0.15) is 0 Å². The number of nitrogens with one attached hydrogen (secondary N) is 1. The minimum atomic E-state index is -1.08. The van der Waals surface area contributed by atoms with Gasteiger partial charge in [0.05, 0.1) is 0 Å². The van der Waals surface area contributed by atoms with E-state index >= 15 is 0 Å². The minimum absolute atomic E-state index is 0.0668. The number of hydrogen-bond acceptors (Lipinski definition) is 4. The van der Waals surface area contributed by atoms with Crippen molar-refractivity contribution in [3.63, 3.8) is 0 Å². The van der Waals surface area contributed by atoms with E-state index in [4.69, 9.17) is 5.11 Å². The van der Waals surface area contributed by atoms with Crippen LogP contribution in [0.4, 0.5) is 11.5 Å². The van der Waals surface area contributed by atoms with Crippen LogP contribution in [0.3, 0.4) is 0 Å². The van der Waals surface area contributed by atoms with Crippen LogP contribution in [0.5, 0.6) is 0 Å². The molecule has 0 amide bonds. The highest BCUT2D eigenvalue weighted by Crippen LogP contribution is 2.24. The molecule has 0 spiro atoms. The zero-order valence-electron chi connectivity index (χ0n) is 11.1. The van der Waals surface area contributed by atoms with Gasteiger partial charge in [-0.05, 0) is 44.0 Å². The topological polar surface area (TPSA) is 75.1 Å². The Morgan fingerprint density at radius 3 is 2.21 bits per heavy atom. The van der Waals surface area contributed by atoms with Crippen LogP contribution in [-0.2, 0) is 0 Å². The first-order valence-electron chi connectivity index (χ1n) is 5.89. The number of aromatic carboxylic acids is 1. The Morgan fingerprint density at radius 1 is 1.11 bits per heavy atom. The summed E-state index contributed by atoms with van der Waals surface area (Å²) in [6.45, 7) is 6.08. The van der Waals surface area contributed by atoms with Crippen molar-refractivity contribution in [3.05, 3.63) is 46.6 Å². The maximum atomic E-state index is 10.7. The summed E-state index contributed by atoms with van der Waals surface area (Å²) in [7, 11) is 0. The van der Waals surface area contributed by atoms with E-state index in [1.54, 1.807) is 6.07 Å². The van der Waals surface area contributed by atoms with Gasteiger partial charge in [-0.25, -0.2) is 4.79 Å². The average molecular weight is 257 g/mol. The lowest BCUT2D eigenvalue weighted by Gasteiger charge is -2.12. The third-order valence-corrected chi connectivity index (χ3v) is 2.81. The number of anilines is 2. The smallest absolute Gasteiger partial charge is 0.356 e. The van der Waals surface area contributed by atoms with Gasteiger partial charge in [0.15, 0.2) is 11.5 Å². The normalized spacial score (nSPS) is 10.3. The third-order valence-electron chi connectivity index (χ3n) is 2.81. The predicted octanol–water partition coefficient (Wildman–Crippen LogP) is 2.84. The lowest BCUT2D eigenvalue weighted by Crippen LogP contribution is -2.04. The summed E-state index contributed by atoms with van der Waals surface area (Å²) < 4.78 is 0. The van der Waals surface area contributed by atoms with Crippen molar-refractivity contribution >= 4 is 17.5 Å². The van der Waals surface area contributed by atoms with Gasteiger partial charge >= 0.3 is 5.97 Å². The summed E-state index contributed by atoms with van der Waals surface area (Å²) in [5.41, 5.74) is 4.34. The van der Waals surface area contributed by atoms with Crippen LogP contribution in [0.2, 0.25) is 0 Å². The van der Waals surface area contributed by atoms with Crippen molar-refractivity contribution in [3.8, 4) is 0 Å². The molecule has 2 rings (SSSR count). The number of carbonyl (C=O) groups is 1. The van der Waals surface area contributed by atoms with E-state index in [0.29, 0.717) is 5.82 Å².